The van der Waals surface area contributed by atoms with Crippen LogP contribution in [0.1, 0.15) is 10.4 Å². The summed E-state index contributed by atoms with van der Waals surface area (Å²) in [5, 5.41) is 12.8. The van der Waals surface area contributed by atoms with E-state index in [1.54, 1.807) is 6.07 Å². The first kappa shape index (κ1) is 35.0. The Morgan fingerprint density at radius 2 is 1.35 bits per heavy atom. The molecular weight excluding hydrogens is 496 g/mol. The second-order valence-corrected chi connectivity index (χ2v) is 5.30. The third-order valence-corrected chi connectivity index (χ3v) is 3.29. The van der Waals surface area contributed by atoms with Gasteiger partial charge in [-0.15, -0.1) is 0 Å². The van der Waals surface area contributed by atoms with Gasteiger partial charge in [0, 0.05) is 0 Å². The van der Waals surface area contributed by atoms with Gasteiger partial charge in [0.05, 0.1) is 20.9 Å². The summed E-state index contributed by atoms with van der Waals surface area (Å²) < 4.78 is 30.3. The van der Waals surface area contributed by atoms with E-state index < -0.39 is 32.0 Å². The molecule has 0 amide bonds. The molecule has 10 nitrogen and oxygen atoms in total. The van der Waals surface area contributed by atoms with Crippen LogP contribution in [0.25, 0.3) is 21.5 Å². The van der Waals surface area contributed by atoms with Crippen molar-refractivity contribution in [3.8, 4) is 0 Å². The number of fused-ring (bicyclic) bond motifs is 2. The summed E-state index contributed by atoms with van der Waals surface area (Å²) in [5.41, 5.74) is 0.529. The summed E-state index contributed by atoms with van der Waals surface area (Å²) in [6.45, 7) is -0.151. The van der Waals surface area contributed by atoms with Gasteiger partial charge in [0.2, 0.25) is 0 Å². The number of aliphatic hydroxyl groups is 1. The molecule has 0 aliphatic rings. The van der Waals surface area contributed by atoms with Crippen molar-refractivity contribution in [2.24, 2.45) is 0 Å². The average molecular weight is 514 g/mol. The molecule has 31 heavy (non-hydrogen) atoms. The third kappa shape index (κ3) is 13.5. The monoisotopic (exact) mass is 514 g/mol. The maximum atomic E-state index is 12.0. The van der Waals surface area contributed by atoms with Crippen molar-refractivity contribution in [3.05, 3.63) is 60.2 Å². The number of hydrogen-bond acceptors (Lipinski definition) is 7. The molecule has 162 valence electrons. The molecule has 0 atom stereocenters. The summed E-state index contributed by atoms with van der Waals surface area (Å²) in [6, 6.07) is 17.7. The van der Waals surface area contributed by atoms with E-state index in [0.717, 1.165) is 21.5 Å². The van der Waals surface area contributed by atoms with Crippen LogP contribution in [0.15, 0.2) is 54.6 Å². The van der Waals surface area contributed by atoms with Gasteiger partial charge in [0.15, 0.2) is 0 Å². The van der Waals surface area contributed by atoms with Gasteiger partial charge < -0.3 is 30.0 Å². The minimum absolute atomic E-state index is 0. The maximum absolute atomic E-state index is 12.0. The molecule has 5 N–H and O–H groups in total. The third-order valence-electron chi connectivity index (χ3n) is 3.29. The second-order valence-electron chi connectivity index (χ2n) is 4.82. The van der Waals surface area contributed by atoms with E-state index in [2.05, 4.69) is 6.07 Å². The van der Waals surface area contributed by atoms with Crippen molar-refractivity contribution in [1.29, 1.82) is 0 Å². The fourth-order valence-corrected chi connectivity index (χ4v) is 2.36. The van der Waals surface area contributed by atoms with Gasteiger partial charge >= 0.3 is 74.7 Å². The van der Waals surface area contributed by atoms with E-state index in [9.17, 15) is 4.79 Å². The van der Waals surface area contributed by atoms with Crippen molar-refractivity contribution in [2.75, 3.05) is 13.2 Å². The zero-order valence-electron chi connectivity index (χ0n) is 16.2. The zero-order valence-corrected chi connectivity index (χ0v) is 22.0. The number of ether oxygens (including phenoxy) is 1. The SMILES string of the molecule is O.O=C(OCCO)c1cccc2cc3ccccc3cc12.O=PO.O=PO.O=P[O-].[K+]. The molecule has 14 heteroatoms. The van der Waals surface area contributed by atoms with Crippen LogP contribution >= 0.6 is 26.1 Å². The molecule has 3 rings (SSSR count). The van der Waals surface area contributed by atoms with Crippen LogP contribution in [-0.4, -0.2) is 39.6 Å². The van der Waals surface area contributed by atoms with Crippen molar-refractivity contribution in [3.63, 3.8) is 0 Å². The molecule has 0 unspecified atom stereocenters. The molecule has 0 aromatic heterocycles. The minimum Gasteiger partial charge on any atom is -0.772 e. The van der Waals surface area contributed by atoms with Crippen LogP contribution in [0.2, 0.25) is 0 Å². The smallest absolute Gasteiger partial charge is 0.772 e. The van der Waals surface area contributed by atoms with Gasteiger partial charge in [-0.05, 0) is 39.7 Å². The number of hydrogen-bond donors (Lipinski definition) is 3. The van der Waals surface area contributed by atoms with Gasteiger partial charge in [0.1, 0.15) is 6.61 Å². The quantitative estimate of drug-likeness (QED) is 0.174. The molecule has 0 saturated carbocycles. The van der Waals surface area contributed by atoms with Crippen molar-refractivity contribution < 1.29 is 99.9 Å². The predicted octanol–water partition coefficient (Wildman–Crippen LogP) is -0.754. The Morgan fingerprint density at radius 3 is 1.84 bits per heavy atom. The van der Waals surface area contributed by atoms with Gasteiger partial charge in [0.25, 0.3) is 0 Å². The van der Waals surface area contributed by atoms with E-state index in [0.29, 0.717) is 5.56 Å². The fraction of sp³-hybridized carbons (Fsp3) is 0.118. The fourth-order valence-electron chi connectivity index (χ4n) is 2.36. The first-order valence-electron chi connectivity index (χ1n) is 7.62. The Labute approximate surface area is 224 Å². The van der Waals surface area contributed by atoms with E-state index in [1.165, 1.54) is 0 Å². The second kappa shape index (κ2) is 22.6. The topological polar surface area (TPSA) is 193 Å². The molecule has 0 saturated heterocycles. The number of rotatable bonds is 3. The molecule has 0 radical (unpaired) electrons. The summed E-state index contributed by atoms with van der Waals surface area (Å²) in [4.78, 5) is 34.3. The van der Waals surface area contributed by atoms with E-state index in [-0.39, 0.29) is 70.1 Å². The normalized spacial score (nSPS) is 9.03. The molecule has 0 fully saturated rings. The number of aliphatic hydroxyl groups excluding tert-OH is 1. The Bertz CT molecular complexity index is 928. The Morgan fingerprint density at radius 1 is 0.903 bits per heavy atom. The molecule has 0 aliphatic heterocycles. The van der Waals surface area contributed by atoms with Crippen LogP contribution in [0.5, 0.6) is 0 Å². The Balaban J connectivity index is -0.000000620. The standard InChI is InChI=1S/C17H14O3.K.3HO2P.H2O/c18-8-9-20-17(19)15-7-3-6-14-10-12-4-1-2-5-13(12)11-16(14)15;;3*1-3-2;/h1-7,10-11,18H,8-9H2;;3*(H,1,2);1H2/q;+1;;;;/p-1. The molecule has 0 spiro atoms. The van der Waals surface area contributed by atoms with Crippen molar-refractivity contribution in [2.45, 2.75) is 0 Å². The van der Waals surface area contributed by atoms with Gasteiger partial charge in [-0.25, -0.2) is 13.9 Å². The first-order valence-corrected chi connectivity index (χ1v) is 9.88. The van der Waals surface area contributed by atoms with Gasteiger partial charge in [-0.1, -0.05) is 36.4 Å². The molecule has 3 aromatic carbocycles. The minimum atomic E-state index is -1.08. The van der Waals surface area contributed by atoms with E-state index in [4.69, 9.17) is 38.2 Å². The Hall–Kier alpha value is -0.614. The molecule has 0 bridgehead atoms. The number of benzene rings is 3. The maximum Gasteiger partial charge on any atom is 1.00 e. The van der Waals surface area contributed by atoms with Crippen LogP contribution in [-0.2, 0) is 18.4 Å². The Kier molecular flexibility index (Phi) is 25.5. The van der Waals surface area contributed by atoms with Crippen molar-refractivity contribution >= 4 is 53.6 Å². The largest absolute Gasteiger partial charge is 1.00 e. The summed E-state index contributed by atoms with van der Waals surface area (Å²) in [7, 11) is -2.75. The zero-order chi connectivity index (χ0) is 22.1. The summed E-state index contributed by atoms with van der Waals surface area (Å²) >= 11 is 0. The molecule has 0 aliphatic carbocycles. The molecular formula is C17H18KO10P3. The van der Waals surface area contributed by atoms with Crippen LogP contribution in [0, 0.1) is 0 Å². The van der Waals surface area contributed by atoms with Gasteiger partial charge in [-0.3, -0.25) is 4.57 Å². The van der Waals surface area contributed by atoms with Crippen LogP contribution in [0.3, 0.4) is 0 Å². The molecule has 3 aromatic rings. The number of esters is 1. The predicted molar refractivity (Wildman–Crippen MR) is 110 cm³/mol. The van der Waals surface area contributed by atoms with Crippen LogP contribution < -0.4 is 56.3 Å². The number of carbonyl (C=O) groups is 1. The van der Waals surface area contributed by atoms with E-state index >= 15 is 0 Å². The van der Waals surface area contributed by atoms with Crippen molar-refractivity contribution in [1.82, 2.24) is 0 Å². The number of carbonyl (C=O) groups excluding carboxylic acids is 1. The van der Waals surface area contributed by atoms with Gasteiger partial charge in [-0.2, -0.15) is 0 Å². The summed E-state index contributed by atoms with van der Waals surface area (Å²) in [6.07, 6.45) is 0. The first-order chi connectivity index (χ1) is 14.0. The average Bonchev–Trinajstić information content (AvgIpc) is 2.72. The molecule has 0 heterocycles. The summed E-state index contributed by atoms with van der Waals surface area (Å²) in [5.74, 6) is -0.403. The van der Waals surface area contributed by atoms with E-state index in [1.807, 2.05) is 42.5 Å². The van der Waals surface area contributed by atoms with Crippen LogP contribution in [0.4, 0.5) is 0 Å².